The number of unbranched alkanes of at least 4 members (excludes halogenated alkanes) is 1. The van der Waals surface area contributed by atoms with Gasteiger partial charge < -0.3 is 10.6 Å². The van der Waals surface area contributed by atoms with Crippen molar-refractivity contribution >= 4 is 33.2 Å². The minimum atomic E-state index is -4.13. The lowest BCUT2D eigenvalue weighted by molar-refractivity contribution is -0.117. The number of benzene rings is 3. The topological polar surface area (TPSA) is 104 Å². The van der Waals surface area contributed by atoms with E-state index in [0.29, 0.717) is 17.8 Å². The SMILES string of the molecule is CCCCNc1cc(C#Cc2ccccc2)ccc1C(=O)Nc1ccccc1S(=O)(=O)NC(C)=O. The van der Waals surface area contributed by atoms with Crippen LogP contribution < -0.4 is 15.4 Å². The summed E-state index contributed by atoms with van der Waals surface area (Å²) >= 11 is 0. The minimum Gasteiger partial charge on any atom is -0.384 e. The van der Waals surface area contributed by atoms with Gasteiger partial charge in [-0.1, -0.05) is 55.5 Å². The lowest BCUT2D eigenvalue weighted by Gasteiger charge is -2.15. The standard InChI is InChI=1S/C27H27N3O4S/c1-3-4-18-28-25-19-22(15-14-21-10-6-5-7-11-21)16-17-23(25)27(32)29-24-12-8-9-13-26(24)35(33,34)30-20(2)31/h5-13,16-17,19,28H,3-4,18H2,1-2H3,(H,29,32)(H,30,31). The summed E-state index contributed by atoms with van der Waals surface area (Å²) in [7, 11) is -4.13. The van der Waals surface area contributed by atoms with Crippen LogP contribution >= 0.6 is 0 Å². The summed E-state index contributed by atoms with van der Waals surface area (Å²) in [6, 6.07) is 20.7. The van der Waals surface area contributed by atoms with E-state index in [9.17, 15) is 18.0 Å². The molecule has 0 saturated carbocycles. The number of nitrogens with one attached hydrogen (secondary N) is 3. The smallest absolute Gasteiger partial charge is 0.266 e. The predicted molar refractivity (Wildman–Crippen MR) is 138 cm³/mol. The van der Waals surface area contributed by atoms with Crippen molar-refractivity contribution in [2.45, 2.75) is 31.6 Å². The largest absolute Gasteiger partial charge is 0.384 e. The van der Waals surface area contributed by atoms with Crippen LogP contribution in [0.2, 0.25) is 0 Å². The summed E-state index contributed by atoms with van der Waals surface area (Å²) < 4.78 is 27.0. The van der Waals surface area contributed by atoms with Crippen LogP contribution in [-0.4, -0.2) is 26.8 Å². The van der Waals surface area contributed by atoms with Gasteiger partial charge >= 0.3 is 0 Å². The molecule has 2 amide bonds. The van der Waals surface area contributed by atoms with Gasteiger partial charge in [0.15, 0.2) is 0 Å². The highest BCUT2D eigenvalue weighted by Crippen LogP contribution is 2.24. The average molecular weight is 490 g/mol. The molecule has 0 aliphatic rings. The lowest BCUT2D eigenvalue weighted by Crippen LogP contribution is -2.29. The number of carbonyl (C=O) groups excluding carboxylic acids is 2. The summed E-state index contributed by atoms with van der Waals surface area (Å²) in [6.45, 7) is 3.85. The molecule has 8 heteroatoms. The minimum absolute atomic E-state index is 0.0682. The van der Waals surface area contributed by atoms with E-state index in [1.54, 1.807) is 24.3 Å². The van der Waals surface area contributed by atoms with Gasteiger partial charge in [-0.15, -0.1) is 0 Å². The molecule has 0 heterocycles. The highest BCUT2D eigenvalue weighted by Gasteiger charge is 2.21. The summed E-state index contributed by atoms with van der Waals surface area (Å²) in [5, 5.41) is 5.96. The van der Waals surface area contributed by atoms with Gasteiger partial charge in [-0.25, -0.2) is 13.1 Å². The Kier molecular flexibility index (Phi) is 8.65. The fraction of sp³-hybridized carbons (Fsp3) is 0.185. The van der Waals surface area contributed by atoms with Gasteiger partial charge in [0.2, 0.25) is 5.91 Å². The first-order chi connectivity index (χ1) is 16.8. The molecule has 0 atom stereocenters. The van der Waals surface area contributed by atoms with E-state index in [4.69, 9.17) is 0 Å². The van der Waals surface area contributed by atoms with Gasteiger partial charge in [-0.3, -0.25) is 9.59 Å². The molecule has 0 fully saturated rings. The first-order valence-electron chi connectivity index (χ1n) is 11.2. The van der Waals surface area contributed by atoms with Crippen LogP contribution in [0.25, 0.3) is 0 Å². The number of rotatable bonds is 8. The van der Waals surface area contributed by atoms with E-state index >= 15 is 0 Å². The molecule has 0 spiro atoms. The molecule has 3 aromatic rings. The second-order valence-corrected chi connectivity index (χ2v) is 9.42. The third kappa shape index (κ3) is 7.19. The van der Waals surface area contributed by atoms with Crippen LogP contribution in [0, 0.1) is 11.8 Å². The molecule has 0 radical (unpaired) electrons. The highest BCUT2D eigenvalue weighted by atomic mass is 32.2. The molecule has 0 aromatic heterocycles. The lowest BCUT2D eigenvalue weighted by atomic mass is 10.1. The van der Waals surface area contributed by atoms with E-state index < -0.39 is 21.8 Å². The Morgan fingerprint density at radius 3 is 2.26 bits per heavy atom. The van der Waals surface area contributed by atoms with Crippen LogP contribution in [0.5, 0.6) is 0 Å². The third-order valence-corrected chi connectivity index (χ3v) is 6.43. The number of amides is 2. The Morgan fingerprint density at radius 1 is 0.857 bits per heavy atom. The van der Waals surface area contributed by atoms with E-state index in [1.807, 2.05) is 35.1 Å². The molecular formula is C27H27N3O4S. The van der Waals surface area contributed by atoms with Crippen molar-refractivity contribution in [1.82, 2.24) is 4.72 Å². The molecule has 3 N–H and O–H groups in total. The van der Waals surface area contributed by atoms with Crippen LogP contribution in [0.4, 0.5) is 11.4 Å². The second kappa shape index (κ2) is 11.9. The Balaban J connectivity index is 1.92. The molecule has 7 nitrogen and oxygen atoms in total. The van der Waals surface area contributed by atoms with Crippen molar-refractivity contribution in [3.8, 4) is 11.8 Å². The van der Waals surface area contributed by atoms with E-state index in [0.717, 1.165) is 30.9 Å². The molecular weight excluding hydrogens is 462 g/mol. The van der Waals surface area contributed by atoms with Crippen molar-refractivity contribution in [2.24, 2.45) is 0 Å². The molecule has 3 aromatic carbocycles. The zero-order valence-electron chi connectivity index (χ0n) is 19.6. The molecule has 35 heavy (non-hydrogen) atoms. The van der Waals surface area contributed by atoms with Crippen molar-refractivity contribution in [1.29, 1.82) is 0 Å². The first-order valence-corrected chi connectivity index (χ1v) is 12.7. The van der Waals surface area contributed by atoms with Gasteiger partial charge in [-0.2, -0.15) is 0 Å². The fourth-order valence-corrected chi connectivity index (χ4v) is 4.42. The van der Waals surface area contributed by atoms with E-state index in [2.05, 4.69) is 29.4 Å². The zero-order valence-corrected chi connectivity index (χ0v) is 20.4. The maximum absolute atomic E-state index is 13.2. The predicted octanol–water partition coefficient (Wildman–Crippen LogP) is 4.38. The molecule has 3 rings (SSSR count). The average Bonchev–Trinajstić information content (AvgIpc) is 2.83. The van der Waals surface area contributed by atoms with Crippen LogP contribution in [-0.2, 0) is 14.8 Å². The van der Waals surface area contributed by atoms with Crippen LogP contribution in [0.1, 0.15) is 48.2 Å². The van der Waals surface area contributed by atoms with Crippen molar-refractivity contribution in [3.63, 3.8) is 0 Å². The summed E-state index contributed by atoms with van der Waals surface area (Å²) in [6.07, 6.45) is 1.90. The Labute approximate surface area is 206 Å². The molecule has 0 saturated heterocycles. The number of carbonyl (C=O) groups is 2. The molecule has 0 unspecified atom stereocenters. The summed E-state index contributed by atoms with van der Waals surface area (Å²) in [5.41, 5.74) is 2.62. The third-order valence-electron chi connectivity index (χ3n) is 4.94. The maximum atomic E-state index is 13.2. The van der Waals surface area contributed by atoms with E-state index in [1.165, 1.54) is 18.2 Å². The summed E-state index contributed by atoms with van der Waals surface area (Å²) in [4.78, 5) is 24.3. The van der Waals surface area contributed by atoms with Crippen LogP contribution in [0.3, 0.4) is 0 Å². The van der Waals surface area contributed by atoms with Gasteiger partial charge in [0.05, 0.1) is 11.3 Å². The first kappa shape index (κ1) is 25.5. The Bertz CT molecular complexity index is 1370. The number of sulfonamides is 1. The van der Waals surface area contributed by atoms with Crippen molar-refractivity contribution in [3.05, 3.63) is 89.5 Å². The zero-order chi connectivity index (χ0) is 25.3. The maximum Gasteiger partial charge on any atom is 0.266 e. The Hall–Kier alpha value is -4.09. The number of hydrogen-bond acceptors (Lipinski definition) is 5. The molecule has 0 bridgehead atoms. The monoisotopic (exact) mass is 489 g/mol. The second-order valence-electron chi connectivity index (χ2n) is 7.77. The van der Waals surface area contributed by atoms with Gasteiger partial charge in [0.25, 0.3) is 15.9 Å². The number of anilines is 2. The van der Waals surface area contributed by atoms with Gasteiger partial charge in [0.1, 0.15) is 4.90 Å². The molecule has 0 aliphatic carbocycles. The fourth-order valence-electron chi connectivity index (χ4n) is 3.27. The van der Waals surface area contributed by atoms with Crippen LogP contribution in [0.15, 0.2) is 77.7 Å². The quantitative estimate of drug-likeness (QED) is 0.322. The Morgan fingerprint density at radius 2 is 1.54 bits per heavy atom. The van der Waals surface area contributed by atoms with Crippen molar-refractivity contribution in [2.75, 3.05) is 17.2 Å². The molecule has 0 aliphatic heterocycles. The normalized spacial score (nSPS) is 10.6. The number of hydrogen-bond donors (Lipinski definition) is 3. The van der Waals surface area contributed by atoms with Gasteiger partial charge in [0, 0.05) is 30.3 Å². The highest BCUT2D eigenvalue weighted by molar-refractivity contribution is 7.90. The van der Waals surface area contributed by atoms with Gasteiger partial charge in [-0.05, 0) is 48.9 Å². The van der Waals surface area contributed by atoms with Crippen molar-refractivity contribution < 1.29 is 18.0 Å². The number of para-hydroxylation sites is 1. The molecule has 180 valence electrons. The summed E-state index contributed by atoms with van der Waals surface area (Å²) in [5.74, 6) is 5.01. The van der Waals surface area contributed by atoms with E-state index in [-0.39, 0.29) is 10.6 Å².